The molecule has 9 heteroatoms. The number of nitro groups is 1. The fraction of sp³-hybridized carbons (Fsp3) is 0. The highest BCUT2D eigenvalue weighted by molar-refractivity contribution is 6.31. The summed E-state index contributed by atoms with van der Waals surface area (Å²) in [5.41, 5.74) is -1.45. The second-order valence-corrected chi connectivity index (χ2v) is 7.45. The number of aromatic hydroxyl groups is 1. The molecule has 0 fully saturated rings. The summed E-state index contributed by atoms with van der Waals surface area (Å²) < 4.78 is 5.81. The van der Waals surface area contributed by atoms with Crippen LogP contribution in [-0.2, 0) is 0 Å². The minimum absolute atomic E-state index is 0.0850. The zero-order chi connectivity index (χ0) is 22.3. The van der Waals surface area contributed by atoms with E-state index in [0.717, 1.165) is 12.1 Å². The third-order valence-corrected chi connectivity index (χ3v) is 5.06. The van der Waals surface area contributed by atoms with E-state index >= 15 is 0 Å². The first-order valence-electron chi connectivity index (χ1n) is 8.80. The summed E-state index contributed by atoms with van der Waals surface area (Å²) in [6.07, 6.45) is 0. The maximum absolute atomic E-state index is 13.3. The monoisotopic (exact) mass is 455 g/mol. The lowest BCUT2D eigenvalue weighted by atomic mass is 9.97. The van der Waals surface area contributed by atoms with Crippen LogP contribution in [0.2, 0.25) is 10.0 Å². The van der Waals surface area contributed by atoms with Crippen LogP contribution in [0.15, 0.2) is 69.9 Å². The van der Waals surface area contributed by atoms with Gasteiger partial charge < -0.3 is 9.52 Å². The zero-order valence-corrected chi connectivity index (χ0v) is 17.0. The number of nitrogens with zero attached hydrogens (tertiary/aromatic N) is 1. The number of hydrogen-bond donors (Lipinski definition) is 1. The standard InChI is InChI=1S/C22H11Cl2NO6/c23-13-5-1-3-11(7-13)20(27)19-21(28)15-9-16(25(29)30)17(26)10-18(15)31-22(19)12-4-2-6-14(24)8-12/h1-10,26H. The smallest absolute Gasteiger partial charge is 0.311 e. The average Bonchev–Trinajstić information content (AvgIpc) is 2.72. The van der Waals surface area contributed by atoms with Gasteiger partial charge in [-0.2, -0.15) is 0 Å². The van der Waals surface area contributed by atoms with E-state index in [-0.39, 0.29) is 27.9 Å². The van der Waals surface area contributed by atoms with Gasteiger partial charge in [-0.3, -0.25) is 19.7 Å². The first-order valence-corrected chi connectivity index (χ1v) is 9.56. The minimum Gasteiger partial charge on any atom is -0.502 e. The van der Waals surface area contributed by atoms with Gasteiger partial charge in [0.25, 0.3) is 0 Å². The van der Waals surface area contributed by atoms with E-state index in [4.69, 9.17) is 27.6 Å². The highest BCUT2D eigenvalue weighted by atomic mass is 35.5. The zero-order valence-electron chi connectivity index (χ0n) is 15.5. The van der Waals surface area contributed by atoms with E-state index in [1.807, 2.05) is 0 Å². The van der Waals surface area contributed by atoms with E-state index in [9.17, 15) is 24.8 Å². The Morgan fingerprint density at radius 1 is 1.00 bits per heavy atom. The maximum Gasteiger partial charge on any atom is 0.311 e. The quantitative estimate of drug-likeness (QED) is 0.243. The molecule has 31 heavy (non-hydrogen) atoms. The molecular formula is C22H11Cl2NO6. The van der Waals surface area contributed by atoms with E-state index in [2.05, 4.69) is 0 Å². The Bertz CT molecular complexity index is 1440. The van der Waals surface area contributed by atoms with E-state index < -0.39 is 27.6 Å². The molecule has 0 atom stereocenters. The summed E-state index contributed by atoms with van der Waals surface area (Å²) in [5, 5.41) is 21.6. The molecule has 1 aromatic heterocycles. The van der Waals surface area contributed by atoms with Crippen molar-refractivity contribution in [2.45, 2.75) is 0 Å². The lowest BCUT2D eigenvalue weighted by molar-refractivity contribution is -0.385. The number of halogens is 2. The van der Waals surface area contributed by atoms with Gasteiger partial charge in [0.05, 0.1) is 10.3 Å². The molecule has 4 rings (SSSR count). The summed E-state index contributed by atoms with van der Waals surface area (Å²) in [5.74, 6) is -1.44. The topological polar surface area (TPSA) is 111 Å². The van der Waals surface area contributed by atoms with Crippen LogP contribution in [0.25, 0.3) is 22.3 Å². The molecule has 154 valence electrons. The van der Waals surface area contributed by atoms with Gasteiger partial charge >= 0.3 is 5.69 Å². The van der Waals surface area contributed by atoms with Crippen LogP contribution in [0.3, 0.4) is 0 Å². The van der Waals surface area contributed by atoms with Gasteiger partial charge in [-0.1, -0.05) is 47.5 Å². The van der Waals surface area contributed by atoms with Crippen molar-refractivity contribution >= 4 is 45.6 Å². The highest BCUT2D eigenvalue weighted by Gasteiger charge is 2.26. The molecule has 4 aromatic rings. The summed E-state index contributed by atoms with van der Waals surface area (Å²) in [4.78, 5) is 37.0. The molecule has 0 saturated heterocycles. The van der Waals surface area contributed by atoms with Crippen molar-refractivity contribution < 1.29 is 19.2 Å². The molecule has 0 amide bonds. The second-order valence-electron chi connectivity index (χ2n) is 6.58. The highest BCUT2D eigenvalue weighted by Crippen LogP contribution is 2.34. The third-order valence-electron chi connectivity index (χ3n) is 4.58. The molecular weight excluding hydrogens is 445 g/mol. The number of rotatable bonds is 4. The van der Waals surface area contributed by atoms with Crippen molar-refractivity contribution in [1.82, 2.24) is 0 Å². The number of nitro benzene ring substituents is 1. The molecule has 0 unspecified atom stereocenters. The number of phenolic OH excluding ortho intramolecular Hbond substituents is 1. The Morgan fingerprint density at radius 2 is 1.68 bits per heavy atom. The van der Waals surface area contributed by atoms with E-state index in [0.29, 0.717) is 15.6 Å². The molecule has 3 aromatic carbocycles. The number of hydrogen-bond acceptors (Lipinski definition) is 6. The van der Waals surface area contributed by atoms with Gasteiger partial charge in [0, 0.05) is 33.3 Å². The molecule has 0 aliphatic carbocycles. The lowest BCUT2D eigenvalue weighted by Gasteiger charge is -2.11. The fourth-order valence-corrected chi connectivity index (χ4v) is 3.56. The molecule has 0 radical (unpaired) electrons. The van der Waals surface area contributed by atoms with Crippen molar-refractivity contribution in [2.75, 3.05) is 0 Å². The molecule has 1 N–H and O–H groups in total. The molecule has 7 nitrogen and oxygen atoms in total. The van der Waals surface area contributed by atoms with Crippen LogP contribution < -0.4 is 5.43 Å². The molecule has 0 aliphatic rings. The van der Waals surface area contributed by atoms with Crippen LogP contribution >= 0.6 is 23.2 Å². The maximum atomic E-state index is 13.3. The predicted molar refractivity (Wildman–Crippen MR) is 116 cm³/mol. The van der Waals surface area contributed by atoms with Crippen LogP contribution in [0, 0.1) is 10.1 Å². The number of phenols is 1. The van der Waals surface area contributed by atoms with Crippen molar-refractivity contribution in [3.63, 3.8) is 0 Å². The van der Waals surface area contributed by atoms with Crippen molar-refractivity contribution in [2.24, 2.45) is 0 Å². The average molecular weight is 456 g/mol. The normalized spacial score (nSPS) is 10.9. The number of carbonyl (C=O) groups excluding carboxylic acids is 1. The first kappa shape index (κ1) is 20.6. The van der Waals surface area contributed by atoms with Crippen LogP contribution in [-0.4, -0.2) is 15.8 Å². The Balaban J connectivity index is 2.10. The van der Waals surface area contributed by atoms with Crippen LogP contribution in [0.4, 0.5) is 5.69 Å². The summed E-state index contributed by atoms with van der Waals surface area (Å²) >= 11 is 12.1. The number of fused-ring (bicyclic) bond motifs is 1. The number of ketones is 1. The summed E-state index contributed by atoms with van der Waals surface area (Å²) in [6.45, 7) is 0. The third kappa shape index (κ3) is 3.76. The SMILES string of the molecule is O=C(c1cccc(Cl)c1)c1c(-c2cccc(Cl)c2)oc2cc(O)c([N+](=O)[O-])cc2c1=O. The van der Waals surface area contributed by atoms with Crippen molar-refractivity contribution in [1.29, 1.82) is 0 Å². The molecule has 0 aliphatic heterocycles. The fourth-order valence-electron chi connectivity index (χ4n) is 3.18. The second kappa shape index (κ2) is 7.86. The van der Waals surface area contributed by atoms with Gasteiger partial charge in [-0.05, 0) is 24.3 Å². The Kier molecular flexibility index (Phi) is 5.22. The Labute approximate surface area is 184 Å². The van der Waals surface area contributed by atoms with E-state index in [1.165, 1.54) is 18.2 Å². The lowest BCUT2D eigenvalue weighted by Crippen LogP contribution is -2.18. The Hall–Kier alpha value is -3.68. The van der Waals surface area contributed by atoms with Gasteiger partial charge in [0.15, 0.2) is 5.75 Å². The molecule has 1 heterocycles. The largest absolute Gasteiger partial charge is 0.502 e. The summed E-state index contributed by atoms with van der Waals surface area (Å²) in [7, 11) is 0. The van der Waals surface area contributed by atoms with Crippen LogP contribution in [0.1, 0.15) is 15.9 Å². The molecule has 0 spiro atoms. The molecule has 0 saturated carbocycles. The van der Waals surface area contributed by atoms with Gasteiger partial charge in [0.2, 0.25) is 11.2 Å². The Morgan fingerprint density at radius 3 is 2.32 bits per heavy atom. The molecule has 0 bridgehead atoms. The summed E-state index contributed by atoms with van der Waals surface area (Å²) in [6, 6.07) is 14.2. The van der Waals surface area contributed by atoms with Crippen molar-refractivity contribution in [3.05, 3.63) is 102 Å². The predicted octanol–water partition coefficient (Wildman–Crippen LogP) is 5.61. The van der Waals surface area contributed by atoms with Crippen LogP contribution in [0.5, 0.6) is 5.75 Å². The van der Waals surface area contributed by atoms with E-state index in [1.54, 1.807) is 30.3 Å². The van der Waals surface area contributed by atoms with Crippen molar-refractivity contribution in [3.8, 4) is 17.1 Å². The van der Waals surface area contributed by atoms with Gasteiger partial charge in [0.1, 0.15) is 16.9 Å². The van der Waals surface area contributed by atoms with Gasteiger partial charge in [-0.25, -0.2) is 0 Å². The van der Waals surface area contributed by atoms with Gasteiger partial charge in [-0.15, -0.1) is 0 Å². The number of benzene rings is 3. The number of carbonyl (C=O) groups is 1. The first-order chi connectivity index (χ1) is 14.8. The minimum atomic E-state index is -0.836.